The topological polar surface area (TPSA) is 81.9 Å². The normalized spacial score (nSPS) is 10.5. The van der Waals surface area contributed by atoms with Crippen LogP contribution < -0.4 is 10.1 Å². The van der Waals surface area contributed by atoms with E-state index in [9.17, 15) is 4.79 Å². The van der Waals surface area contributed by atoms with Crippen LogP contribution in [0, 0.1) is 0 Å². The number of anilines is 1. The Morgan fingerprint density at radius 2 is 1.96 bits per heavy atom. The van der Waals surface area contributed by atoms with Crippen LogP contribution in [-0.2, 0) is 11.2 Å². The van der Waals surface area contributed by atoms with Gasteiger partial charge in [0.1, 0.15) is 5.75 Å². The molecule has 0 aliphatic heterocycles. The van der Waals surface area contributed by atoms with E-state index in [1.807, 2.05) is 24.3 Å². The van der Waals surface area contributed by atoms with Crippen LogP contribution in [0.15, 0.2) is 53.7 Å². The number of rotatable bonds is 7. The van der Waals surface area contributed by atoms with Gasteiger partial charge in [-0.05, 0) is 52.7 Å². The van der Waals surface area contributed by atoms with Crippen molar-refractivity contribution < 1.29 is 9.53 Å². The number of tetrazole rings is 1. The van der Waals surface area contributed by atoms with E-state index >= 15 is 0 Å². The number of aromatic nitrogens is 4. The fraction of sp³-hybridized carbons (Fsp3) is 0.222. The number of carbonyl (C=O) groups excluding carboxylic acids is 1. The van der Waals surface area contributed by atoms with Crippen LogP contribution in [0.1, 0.15) is 12.5 Å². The highest BCUT2D eigenvalue weighted by Crippen LogP contribution is 2.22. The van der Waals surface area contributed by atoms with E-state index in [1.165, 1.54) is 11.8 Å². The Morgan fingerprint density at radius 1 is 1.19 bits per heavy atom. The van der Waals surface area contributed by atoms with E-state index in [2.05, 4.69) is 27.8 Å². The highest BCUT2D eigenvalue weighted by atomic mass is 32.2. The van der Waals surface area contributed by atoms with Gasteiger partial charge in [0, 0.05) is 5.69 Å². The first kappa shape index (κ1) is 17.9. The molecule has 26 heavy (non-hydrogen) atoms. The summed E-state index contributed by atoms with van der Waals surface area (Å²) in [4.78, 5) is 12.2. The molecule has 8 heteroatoms. The standard InChI is InChI=1S/C18H19N5O2S/c1-3-13-6-4-5-7-16(13)23-18(20-21-22-23)26-12-17(24)19-14-8-10-15(25-2)11-9-14/h4-11H,3,12H2,1-2H3,(H,19,24). The van der Waals surface area contributed by atoms with Gasteiger partial charge >= 0.3 is 0 Å². The number of hydrogen-bond acceptors (Lipinski definition) is 6. The van der Waals surface area contributed by atoms with Crippen LogP contribution in [-0.4, -0.2) is 39.0 Å². The molecular formula is C18H19N5O2S. The molecule has 0 atom stereocenters. The lowest BCUT2D eigenvalue weighted by Gasteiger charge is -2.09. The van der Waals surface area contributed by atoms with Crippen LogP contribution in [0.25, 0.3) is 5.69 Å². The number of amides is 1. The summed E-state index contributed by atoms with van der Waals surface area (Å²) in [5, 5.41) is 15.3. The predicted molar refractivity (Wildman–Crippen MR) is 101 cm³/mol. The van der Waals surface area contributed by atoms with Gasteiger partial charge in [-0.15, -0.1) is 5.10 Å². The molecule has 0 spiro atoms. The highest BCUT2D eigenvalue weighted by Gasteiger charge is 2.13. The minimum Gasteiger partial charge on any atom is -0.497 e. The maximum absolute atomic E-state index is 12.2. The van der Waals surface area contributed by atoms with Crippen LogP contribution in [0.3, 0.4) is 0 Å². The lowest BCUT2D eigenvalue weighted by Crippen LogP contribution is -2.14. The van der Waals surface area contributed by atoms with Crippen molar-refractivity contribution >= 4 is 23.4 Å². The quantitative estimate of drug-likeness (QED) is 0.645. The number of para-hydroxylation sites is 1. The molecule has 0 aliphatic carbocycles. The summed E-state index contributed by atoms with van der Waals surface area (Å²) >= 11 is 1.29. The van der Waals surface area contributed by atoms with Crippen molar-refractivity contribution in [1.82, 2.24) is 20.2 Å². The van der Waals surface area contributed by atoms with Gasteiger partial charge < -0.3 is 10.1 Å². The predicted octanol–water partition coefficient (Wildman–Crippen LogP) is 2.96. The minimum atomic E-state index is -0.126. The van der Waals surface area contributed by atoms with E-state index in [1.54, 1.807) is 36.1 Å². The maximum Gasteiger partial charge on any atom is 0.234 e. The van der Waals surface area contributed by atoms with Crippen molar-refractivity contribution in [2.75, 3.05) is 18.2 Å². The summed E-state index contributed by atoms with van der Waals surface area (Å²) in [7, 11) is 1.60. The van der Waals surface area contributed by atoms with Crippen LogP contribution in [0.4, 0.5) is 5.69 Å². The molecule has 0 saturated carbocycles. The number of hydrogen-bond donors (Lipinski definition) is 1. The molecule has 1 aromatic heterocycles. The van der Waals surface area contributed by atoms with E-state index < -0.39 is 0 Å². The Kier molecular flexibility index (Phi) is 5.85. The molecule has 2 aromatic carbocycles. The molecule has 3 aromatic rings. The Labute approximate surface area is 155 Å². The molecule has 1 amide bonds. The summed E-state index contributed by atoms with van der Waals surface area (Å²) < 4.78 is 6.77. The smallest absolute Gasteiger partial charge is 0.234 e. The van der Waals surface area contributed by atoms with Gasteiger partial charge in [0.15, 0.2) is 0 Å². The summed E-state index contributed by atoms with van der Waals surface area (Å²) in [6.45, 7) is 2.08. The second-order valence-corrected chi connectivity index (χ2v) is 6.36. The molecule has 3 rings (SSSR count). The lowest BCUT2D eigenvalue weighted by atomic mass is 10.1. The van der Waals surface area contributed by atoms with Crippen molar-refractivity contribution in [3.8, 4) is 11.4 Å². The van der Waals surface area contributed by atoms with E-state index in [-0.39, 0.29) is 11.7 Å². The first-order valence-corrected chi connectivity index (χ1v) is 9.13. The average molecular weight is 369 g/mol. The second kappa shape index (κ2) is 8.48. The van der Waals surface area contributed by atoms with E-state index in [0.29, 0.717) is 10.8 Å². The molecule has 0 aliphatic rings. The Hall–Kier alpha value is -2.87. The zero-order valence-electron chi connectivity index (χ0n) is 14.5. The molecule has 0 bridgehead atoms. The first-order valence-electron chi connectivity index (χ1n) is 8.14. The van der Waals surface area contributed by atoms with E-state index in [0.717, 1.165) is 23.4 Å². The molecule has 0 fully saturated rings. The Balaban J connectivity index is 1.65. The average Bonchev–Trinajstić information content (AvgIpc) is 3.15. The molecule has 0 radical (unpaired) electrons. The SMILES string of the molecule is CCc1ccccc1-n1nnnc1SCC(=O)Nc1ccc(OC)cc1. The van der Waals surface area contributed by atoms with Gasteiger partial charge in [0.2, 0.25) is 11.1 Å². The molecular weight excluding hydrogens is 350 g/mol. The maximum atomic E-state index is 12.2. The minimum absolute atomic E-state index is 0.126. The summed E-state index contributed by atoms with van der Waals surface area (Å²) in [5.41, 5.74) is 2.79. The molecule has 1 heterocycles. The fourth-order valence-electron chi connectivity index (χ4n) is 2.44. The third-order valence-electron chi connectivity index (χ3n) is 3.75. The number of nitrogens with zero attached hydrogens (tertiary/aromatic N) is 4. The van der Waals surface area contributed by atoms with Crippen molar-refractivity contribution in [2.24, 2.45) is 0 Å². The van der Waals surface area contributed by atoms with Gasteiger partial charge in [-0.25, -0.2) is 0 Å². The van der Waals surface area contributed by atoms with Gasteiger partial charge in [-0.1, -0.05) is 36.9 Å². The number of ether oxygens (including phenoxy) is 1. The number of carbonyl (C=O) groups is 1. The molecule has 0 saturated heterocycles. The van der Waals surface area contributed by atoms with Gasteiger partial charge in [0.25, 0.3) is 0 Å². The zero-order chi connectivity index (χ0) is 18.4. The van der Waals surface area contributed by atoms with Crippen molar-refractivity contribution in [2.45, 2.75) is 18.5 Å². The largest absolute Gasteiger partial charge is 0.497 e. The fourth-order valence-corrected chi connectivity index (χ4v) is 3.12. The zero-order valence-corrected chi connectivity index (χ0v) is 15.4. The van der Waals surface area contributed by atoms with Crippen LogP contribution in [0.2, 0.25) is 0 Å². The number of nitrogens with one attached hydrogen (secondary N) is 1. The van der Waals surface area contributed by atoms with Gasteiger partial charge in [0.05, 0.1) is 18.6 Å². The number of benzene rings is 2. The molecule has 7 nitrogen and oxygen atoms in total. The monoisotopic (exact) mass is 369 g/mol. The number of methoxy groups -OCH3 is 1. The number of thioether (sulfide) groups is 1. The molecule has 1 N–H and O–H groups in total. The Bertz CT molecular complexity index is 879. The third-order valence-corrected chi connectivity index (χ3v) is 4.67. The molecule has 0 unspecified atom stereocenters. The summed E-state index contributed by atoms with van der Waals surface area (Å²) in [6, 6.07) is 15.1. The Morgan fingerprint density at radius 3 is 2.69 bits per heavy atom. The van der Waals surface area contributed by atoms with Crippen molar-refractivity contribution in [1.29, 1.82) is 0 Å². The number of aryl methyl sites for hydroxylation is 1. The molecule has 134 valence electrons. The van der Waals surface area contributed by atoms with Crippen molar-refractivity contribution in [3.05, 3.63) is 54.1 Å². The second-order valence-electron chi connectivity index (χ2n) is 5.42. The first-order chi connectivity index (χ1) is 12.7. The van der Waals surface area contributed by atoms with Crippen molar-refractivity contribution in [3.63, 3.8) is 0 Å². The summed E-state index contributed by atoms with van der Waals surface area (Å²) in [6.07, 6.45) is 0.873. The third kappa shape index (κ3) is 4.20. The van der Waals surface area contributed by atoms with Crippen LogP contribution >= 0.6 is 11.8 Å². The summed E-state index contributed by atoms with van der Waals surface area (Å²) in [5.74, 6) is 0.824. The van der Waals surface area contributed by atoms with Gasteiger partial charge in [-0.2, -0.15) is 4.68 Å². The lowest BCUT2D eigenvalue weighted by molar-refractivity contribution is -0.113. The van der Waals surface area contributed by atoms with E-state index in [4.69, 9.17) is 4.74 Å². The van der Waals surface area contributed by atoms with Gasteiger partial charge in [-0.3, -0.25) is 4.79 Å². The highest BCUT2D eigenvalue weighted by molar-refractivity contribution is 7.99. The van der Waals surface area contributed by atoms with Crippen LogP contribution in [0.5, 0.6) is 5.75 Å².